The Morgan fingerprint density at radius 3 is 2.47 bits per heavy atom. The molecule has 206 valence electrons. The highest BCUT2D eigenvalue weighted by molar-refractivity contribution is 7.80. The Balaban J connectivity index is 1.64. The van der Waals surface area contributed by atoms with E-state index in [1.54, 1.807) is 0 Å². The third-order valence-corrected chi connectivity index (χ3v) is 6.92. The quantitative estimate of drug-likeness (QED) is 0.282. The number of likely N-dealkylation sites (tertiary alicyclic amines) is 1. The lowest BCUT2D eigenvalue weighted by Crippen LogP contribution is -2.61. The Hall–Kier alpha value is -3.18. The smallest absolute Gasteiger partial charge is 0.398 e. The van der Waals surface area contributed by atoms with Gasteiger partial charge in [-0.15, -0.1) is 0 Å². The summed E-state index contributed by atoms with van der Waals surface area (Å²) in [6, 6.07) is 10.6. The molecule has 0 spiro atoms. The number of halogens is 3. The molecule has 0 bridgehead atoms. The molecule has 0 aliphatic carbocycles. The minimum Gasteiger partial charge on any atom is -0.398 e. The van der Waals surface area contributed by atoms with Crippen LogP contribution in [0.1, 0.15) is 53.2 Å². The van der Waals surface area contributed by atoms with Gasteiger partial charge in [0.25, 0.3) is 5.91 Å². The topological polar surface area (TPSA) is 99.5 Å². The summed E-state index contributed by atoms with van der Waals surface area (Å²) < 4.78 is 39.4. The van der Waals surface area contributed by atoms with Crippen LogP contribution < -0.4 is 21.7 Å². The second kappa shape index (κ2) is 13.1. The number of unbranched alkanes of at least 4 members (excludes halogenated alkanes) is 1. The molecule has 2 unspecified atom stereocenters. The van der Waals surface area contributed by atoms with E-state index in [1.807, 2.05) is 31.2 Å². The van der Waals surface area contributed by atoms with E-state index in [1.165, 1.54) is 6.07 Å². The van der Waals surface area contributed by atoms with Crippen LogP contribution in [0.25, 0.3) is 0 Å². The molecule has 2 atom stereocenters. The number of nitrogens with one attached hydrogen (secondary N) is 3. The lowest BCUT2D eigenvalue weighted by Gasteiger charge is -2.39. The van der Waals surface area contributed by atoms with Gasteiger partial charge in [-0.2, -0.15) is 13.2 Å². The van der Waals surface area contributed by atoms with Gasteiger partial charge < -0.3 is 26.6 Å². The number of nitrogen functional groups attached to an aromatic ring is 1. The highest BCUT2D eigenvalue weighted by Crippen LogP contribution is 2.34. The number of hydrogen-bond donors (Lipinski definition) is 4. The van der Waals surface area contributed by atoms with Crippen LogP contribution in [0.3, 0.4) is 0 Å². The van der Waals surface area contributed by atoms with Gasteiger partial charge in [-0.3, -0.25) is 9.59 Å². The van der Waals surface area contributed by atoms with Gasteiger partial charge in [0.05, 0.1) is 29.4 Å². The molecule has 3 rings (SSSR count). The Labute approximate surface area is 226 Å². The van der Waals surface area contributed by atoms with Crippen molar-refractivity contribution >= 4 is 34.7 Å². The van der Waals surface area contributed by atoms with Crippen molar-refractivity contribution in [3.63, 3.8) is 0 Å². The average molecular weight is 550 g/mol. The van der Waals surface area contributed by atoms with E-state index in [4.69, 9.17) is 18.0 Å². The fourth-order valence-electron chi connectivity index (χ4n) is 4.40. The molecule has 38 heavy (non-hydrogen) atoms. The molecule has 2 aromatic rings. The highest BCUT2D eigenvalue weighted by Gasteiger charge is 2.34. The number of benzene rings is 2. The molecule has 0 radical (unpaired) electrons. The van der Waals surface area contributed by atoms with Crippen molar-refractivity contribution in [2.45, 2.75) is 51.4 Å². The number of carbonyl (C=O) groups excluding carboxylic acids is 2. The Morgan fingerprint density at radius 2 is 1.82 bits per heavy atom. The average Bonchev–Trinajstić information content (AvgIpc) is 2.87. The summed E-state index contributed by atoms with van der Waals surface area (Å²) in [5.74, 6) is -1.31. The summed E-state index contributed by atoms with van der Waals surface area (Å²) in [6.45, 7) is 6.07. The Morgan fingerprint density at radius 1 is 1.11 bits per heavy atom. The van der Waals surface area contributed by atoms with Gasteiger partial charge in [0.1, 0.15) is 4.99 Å². The predicted molar refractivity (Wildman–Crippen MR) is 146 cm³/mol. The largest absolute Gasteiger partial charge is 0.418 e. The van der Waals surface area contributed by atoms with Crippen LogP contribution in [0.5, 0.6) is 0 Å². The number of piperidine rings is 1. The molecule has 5 N–H and O–H groups in total. The lowest BCUT2D eigenvalue weighted by atomic mass is 9.98. The number of thiocarbonyl (C=S) groups is 1. The molecule has 1 fully saturated rings. The normalized spacial score (nSPS) is 18.0. The van der Waals surface area contributed by atoms with Crippen LogP contribution in [0, 0.1) is 6.92 Å². The molecule has 0 saturated carbocycles. The third-order valence-electron chi connectivity index (χ3n) is 6.57. The second-order valence-corrected chi connectivity index (χ2v) is 9.92. The predicted octanol–water partition coefficient (Wildman–Crippen LogP) is 3.65. The minimum atomic E-state index is -4.69. The van der Waals surface area contributed by atoms with Gasteiger partial charge in [-0.25, -0.2) is 0 Å². The van der Waals surface area contributed by atoms with Crippen LogP contribution in [0.15, 0.2) is 42.5 Å². The zero-order valence-corrected chi connectivity index (χ0v) is 22.3. The molecule has 1 heterocycles. The lowest BCUT2D eigenvalue weighted by molar-refractivity contribution is -0.137. The van der Waals surface area contributed by atoms with Gasteiger partial charge in [-0.05, 0) is 38.4 Å². The summed E-state index contributed by atoms with van der Waals surface area (Å²) in [5, 5.41) is 8.74. The number of nitrogens with zero attached hydrogens (tertiary/aromatic N) is 1. The number of rotatable bonds is 9. The van der Waals surface area contributed by atoms with Crippen LogP contribution >= 0.6 is 12.2 Å². The first kappa shape index (κ1) is 29.4. The van der Waals surface area contributed by atoms with E-state index < -0.39 is 35.8 Å². The zero-order chi connectivity index (χ0) is 27.9. The van der Waals surface area contributed by atoms with Gasteiger partial charge in [0, 0.05) is 24.7 Å². The summed E-state index contributed by atoms with van der Waals surface area (Å²) in [7, 11) is 0. The minimum absolute atomic E-state index is 0.125. The molecule has 2 aromatic carbocycles. The molecule has 0 aromatic heterocycles. The first-order valence-electron chi connectivity index (χ1n) is 12.6. The van der Waals surface area contributed by atoms with Crippen molar-refractivity contribution < 1.29 is 22.8 Å². The standard InChI is InChI=1S/C27H34F3N5O2S/c1-3-4-13-35-14-12-21(34-26(38)18-10-8-17(2)9-11-18)22(16-35)33-23(36)15-32-25(37)19-6-5-7-20(24(19)31)27(28,29)30/h5-11,21-22H,3-4,12-16,31H2,1-2H3,(H,32,37)(H,33,36)(H,34,38). The number of carbonyl (C=O) groups is 2. The van der Waals surface area contributed by atoms with Crippen molar-refractivity contribution in [1.82, 2.24) is 20.9 Å². The maximum atomic E-state index is 13.1. The maximum absolute atomic E-state index is 13.1. The molecule has 1 aliphatic rings. The van der Waals surface area contributed by atoms with Crippen molar-refractivity contribution in [3.05, 3.63) is 64.7 Å². The Bertz CT molecular complexity index is 1140. The van der Waals surface area contributed by atoms with Crippen LogP contribution in [0.2, 0.25) is 0 Å². The van der Waals surface area contributed by atoms with Gasteiger partial charge in [0.2, 0.25) is 5.91 Å². The third kappa shape index (κ3) is 7.91. The van der Waals surface area contributed by atoms with E-state index in [9.17, 15) is 22.8 Å². The summed E-state index contributed by atoms with van der Waals surface area (Å²) in [5.41, 5.74) is 5.50. The van der Waals surface area contributed by atoms with Gasteiger partial charge in [-0.1, -0.05) is 61.5 Å². The Kier molecular flexibility index (Phi) is 10.1. The first-order chi connectivity index (χ1) is 18.0. The van der Waals surface area contributed by atoms with Crippen molar-refractivity contribution in [2.75, 3.05) is 31.9 Å². The van der Waals surface area contributed by atoms with Crippen LogP contribution in [-0.4, -0.2) is 60.0 Å². The van der Waals surface area contributed by atoms with E-state index in [-0.39, 0.29) is 17.6 Å². The number of amides is 2. The number of alkyl halides is 3. The van der Waals surface area contributed by atoms with Crippen LogP contribution in [-0.2, 0) is 11.0 Å². The molecular weight excluding hydrogens is 515 g/mol. The molecule has 11 heteroatoms. The second-order valence-electron chi connectivity index (χ2n) is 9.51. The van der Waals surface area contributed by atoms with E-state index in [0.717, 1.165) is 55.6 Å². The molecular formula is C27H34F3N5O2S. The van der Waals surface area contributed by atoms with E-state index >= 15 is 0 Å². The fourth-order valence-corrected chi connectivity index (χ4v) is 4.69. The van der Waals surface area contributed by atoms with Crippen molar-refractivity contribution in [2.24, 2.45) is 0 Å². The summed E-state index contributed by atoms with van der Waals surface area (Å²) in [6.07, 6.45) is -1.84. The zero-order valence-electron chi connectivity index (χ0n) is 21.5. The van der Waals surface area contributed by atoms with Gasteiger partial charge in [0.15, 0.2) is 0 Å². The van der Waals surface area contributed by atoms with E-state index in [0.29, 0.717) is 11.5 Å². The fraction of sp³-hybridized carbons (Fsp3) is 0.444. The molecule has 1 aliphatic heterocycles. The number of para-hydroxylation sites is 1. The SMILES string of the molecule is CCCCN1CCC(NC(=S)c2ccc(C)cc2)C(NC(=O)CNC(=O)c2cccc(C(F)(F)F)c2N)C1. The number of aryl methyl sites for hydroxylation is 1. The van der Waals surface area contributed by atoms with Crippen molar-refractivity contribution in [1.29, 1.82) is 0 Å². The highest BCUT2D eigenvalue weighted by atomic mass is 32.1. The first-order valence-corrected chi connectivity index (χ1v) is 13.0. The summed E-state index contributed by atoms with van der Waals surface area (Å²) >= 11 is 5.61. The van der Waals surface area contributed by atoms with Crippen LogP contribution in [0.4, 0.5) is 18.9 Å². The van der Waals surface area contributed by atoms with E-state index in [2.05, 4.69) is 27.8 Å². The number of nitrogens with two attached hydrogens (primary N) is 1. The van der Waals surface area contributed by atoms with Crippen molar-refractivity contribution in [3.8, 4) is 0 Å². The molecule has 1 saturated heterocycles. The maximum Gasteiger partial charge on any atom is 0.418 e. The molecule has 7 nitrogen and oxygen atoms in total. The summed E-state index contributed by atoms with van der Waals surface area (Å²) in [4.78, 5) is 28.2. The monoisotopic (exact) mass is 549 g/mol. The number of anilines is 1. The molecule has 2 amide bonds. The van der Waals surface area contributed by atoms with Gasteiger partial charge >= 0.3 is 6.18 Å². The number of hydrogen-bond acceptors (Lipinski definition) is 5.